The van der Waals surface area contributed by atoms with E-state index in [0.29, 0.717) is 25.8 Å². The lowest BCUT2D eigenvalue weighted by molar-refractivity contribution is -0.142. The molecule has 0 aromatic heterocycles. The van der Waals surface area contributed by atoms with Gasteiger partial charge in [-0.1, -0.05) is 65.2 Å². The second kappa shape index (κ2) is 16.1. The van der Waals surface area contributed by atoms with Crippen molar-refractivity contribution in [1.29, 1.82) is 0 Å². The lowest BCUT2D eigenvalue weighted by atomic mass is 10.0. The van der Waals surface area contributed by atoms with Crippen molar-refractivity contribution in [3.8, 4) is 0 Å². The summed E-state index contributed by atoms with van der Waals surface area (Å²) in [5, 5.41) is 21.5. The van der Waals surface area contributed by atoms with Crippen LogP contribution in [0.2, 0.25) is 0 Å². The topological polar surface area (TPSA) is 113 Å². The zero-order valence-corrected chi connectivity index (χ0v) is 16.7. The summed E-state index contributed by atoms with van der Waals surface area (Å²) in [6.45, 7) is 4.90. The van der Waals surface area contributed by atoms with E-state index in [-0.39, 0.29) is 6.42 Å². The van der Waals surface area contributed by atoms with Gasteiger partial charge in [-0.05, 0) is 31.7 Å². The minimum atomic E-state index is -1.06. The highest BCUT2D eigenvalue weighted by molar-refractivity contribution is 5.83. The third kappa shape index (κ3) is 15.1. The van der Waals surface area contributed by atoms with Crippen molar-refractivity contribution >= 4 is 11.9 Å². The number of aliphatic hydroxyl groups excluding tert-OH is 1. The zero-order valence-electron chi connectivity index (χ0n) is 16.7. The van der Waals surface area contributed by atoms with Crippen LogP contribution in [0.5, 0.6) is 0 Å². The lowest BCUT2D eigenvalue weighted by Crippen LogP contribution is -2.42. The molecule has 0 aliphatic heterocycles. The maximum atomic E-state index is 11.8. The van der Waals surface area contributed by atoms with Gasteiger partial charge in [-0.15, -0.1) is 0 Å². The smallest absolute Gasteiger partial charge is 0.326 e. The summed E-state index contributed by atoms with van der Waals surface area (Å²) in [5.74, 6) is -0.679. The van der Waals surface area contributed by atoms with Crippen LogP contribution in [0.4, 0.5) is 0 Å². The van der Waals surface area contributed by atoms with E-state index < -0.39 is 24.0 Å². The molecular formula is C20H40N2O4. The predicted molar refractivity (Wildman–Crippen MR) is 105 cm³/mol. The van der Waals surface area contributed by atoms with Crippen molar-refractivity contribution in [2.75, 3.05) is 6.54 Å². The van der Waals surface area contributed by atoms with Crippen molar-refractivity contribution in [1.82, 2.24) is 5.32 Å². The first-order valence-corrected chi connectivity index (χ1v) is 10.3. The standard InChI is InChI=1S/C20H40N2O4/c1-16(2)11-8-6-4-3-5-7-9-12-17(23)15-19(24)22-18(20(25)26)13-10-14-21/h16-18,23H,3-15,21H2,1-2H3,(H,22,24)(H,25,26). The van der Waals surface area contributed by atoms with E-state index in [9.17, 15) is 14.7 Å². The van der Waals surface area contributed by atoms with Gasteiger partial charge in [0.05, 0.1) is 12.5 Å². The number of carboxylic acid groups (broad SMARTS) is 1. The fourth-order valence-electron chi connectivity index (χ4n) is 2.97. The van der Waals surface area contributed by atoms with Crippen molar-refractivity contribution in [3.05, 3.63) is 0 Å². The number of amides is 1. The quantitative estimate of drug-likeness (QED) is 0.293. The fourth-order valence-corrected chi connectivity index (χ4v) is 2.97. The molecule has 6 heteroatoms. The van der Waals surface area contributed by atoms with Crippen LogP contribution < -0.4 is 11.1 Å². The summed E-state index contributed by atoms with van der Waals surface area (Å²) >= 11 is 0. The molecule has 6 nitrogen and oxygen atoms in total. The van der Waals surface area contributed by atoms with E-state index in [1.165, 1.54) is 38.5 Å². The zero-order chi connectivity index (χ0) is 19.8. The Balaban J connectivity index is 3.69. The number of nitrogens with two attached hydrogens (primary N) is 1. The van der Waals surface area contributed by atoms with Gasteiger partial charge in [-0.25, -0.2) is 4.79 Å². The third-order valence-corrected chi connectivity index (χ3v) is 4.57. The molecule has 0 aliphatic carbocycles. The summed E-state index contributed by atoms with van der Waals surface area (Å²) < 4.78 is 0. The molecular weight excluding hydrogens is 332 g/mol. The largest absolute Gasteiger partial charge is 0.480 e. The Kier molecular flexibility index (Phi) is 15.4. The molecule has 5 N–H and O–H groups in total. The average molecular weight is 373 g/mol. The van der Waals surface area contributed by atoms with Crippen LogP contribution in [0.3, 0.4) is 0 Å². The SMILES string of the molecule is CC(C)CCCCCCCCCC(O)CC(=O)NC(CCCN)C(=O)O. The van der Waals surface area contributed by atoms with E-state index in [1.807, 2.05) is 0 Å². The lowest BCUT2D eigenvalue weighted by Gasteiger charge is -2.16. The summed E-state index contributed by atoms with van der Waals surface area (Å²) in [7, 11) is 0. The number of rotatable bonds is 17. The molecule has 0 spiro atoms. The summed E-state index contributed by atoms with van der Waals surface area (Å²) in [5.41, 5.74) is 5.37. The van der Waals surface area contributed by atoms with Crippen LogP contribution in [0.25, 0.3) is 0 Å². The van der Waals surface area contributed by atoms with Crippen molar-refractivity contribution in [2.24, 2.45) is 11.7 Å². The summed E-state index contributed by atoms with van der Waals surface area (Å²) in [6.07, 6.45) is 10.3. The van der Waals surface area contributed by atoms with Gasteiger partial charge >= 0.3 is 5.97 Å². The van der Waals surface area contributed by atoms with E-state index in [2.05, 4.69) is 19.2 Å². The monoisotopic (exact) mass is 372 g/mol. The van der Waals surface area contributed by atoms with Gasteiger partial charge < -0.3 is 21.3 Å². The Morgan fingerprint density at radius 3 is 1.92 bits per heavy atom. The maximum Gasteiger partial charge on any atom is 0.326 e. The van der Waals surface area contributed by atoms with E-state index >= 15 is 0 Å². The average Bonchev–Trinajstić information content (AvgIpc) is 2.56. The van der Waals surface area contributed by atoms with Gasteiger partial charge in [0.25, 0.3) is 0 Å². The first-order chi connectivity index (χ1) is 12.4. The summed E-state index contributed by atoms with van der Waals surface area (Å²) in [6, 6.07) is -0.922. The summed E-state index contributed by atoms with van der Waals surface area (Å²) in [4.78, 5) is 22.9. The fraction of sp³-hybridized carbons (Fsp3) is 0.900. The molecule has 0 heterocycles. The van der Waals surface area contributed by atoms with E-state index in [1.54, 1.807) is 0 Å². The van der Waals surface area contributed by atoms with Crippen LogP contribution in [0, 0.1) is 5.92 Å². The first kappa shape index (κ1) is 24.9. The number of carboxylic acids is 1. The molecule has 2 atom stereocenters. The number of aliphatic carboxylic acids is 1. The van der Waals surface area contributed by atoms with Crippen LogP contribution in [0.15, 0.2) is 0 Å². The van der Waals surface area contributed by atoms with Crippen molar-refractivity contribution < 1.29 is 19.8 Å². The second-order valence-corrected chi connectivity index (χ2v) is 7.69. The highest BCUT2D eigenvalue weighted by atomic mass is 16.4. The number of hydrogen-bond acceptors (Lipinski definition) is 4. The van der Waals surface area contributed by atoms with Crippen molar-refractivity contribution in [2.45, 2.75) is 103 Å². The van der Waals surface area contributed by atoms with Crippen LogP contribution in [-0.4, -0.2) is 40.8 Å². The molecule has 0 bridgehead atoms. The highest BCUT2D eigenvalue weighted by Gasteiger charge is 2.20. The van der Waals surface area contributed by atoms with Gasteiger partial charge in [0.2, 0.25) is 5.91 Å². The number of hydrogen-bond donors (Lipinski definition) is 4. The number of aliphatic hydroxyl groups is 1. The molecule has 0 saturated heterocycles. The molecule has 0 rings (SSSR count). The van der Waals surface area contributed by atoms with Crippen LogP contribution >= 0.6 is 0 Å². The van der Waals surface area contributed by atoms with Gasteiger partial charge in [-0.3, -0.25) is 4.79 Å². The molecule has 0 saturated carbocycles. The first-order valence-electron chi connectivity index (χ1n) is 10.3. The van der Waals surface area contributed by atoms with E-state index in [0.717, 1.165) is 18.8 Å². The number of carbonyl (C=O) groups is 2. The minimum absolute atomic E-state index is 0.0401. The number of nitrogens with one attached hydrogen (secondary N) is 1. The van der Waals surface area contributed by atoms with Gasteiger partial charge in [-0.2, -0.15) is 0 Å². The molecule has 0 radical (unpaired) electrons. The molecule has 1 amide bonds. The van der Waals surface area contributed by atoms with E-state index in [4.69, 9.17) is 10.8 Å². The third-order valence-electron chi connectivity index (χ3n) is 4.57. The molecule has 0 aromatic carbocycles. The molecule has 0 fully saturated rings. The predicted octanol–water partition coefficient (Wildman–Crippen LogP) is 3.21. The minimum Gasteiger partial charge on any atom is -0.480 e. The molecule has 2 unspecified atom stereocenters. The van der Waals surface area contributed by atoms with Crippen LogP contribution in [0.1, 0.15) is 90.9 Å². The van der Waals surface area contributed by atoms with Gasteiger partial charge in [0, 0.05) is 0 Å². The Morgan fingerprint density at radius 2 is 1.42 bits per heavy atom. The Bertz CT molecular complexity index is 375. The highest BCUT2D eigenvalue weighted by Crippen LogP contribution is 2.13. The molecule has 0 aromatic rings. The Labute approximate surface area is 158 Å². The molecule has 0 aliphatic rings. The maximum absolute atomic E-state index is 11.8. The molecule has 154 valence electrons. The van der Waals surface area contributed by atoms with Gasteiger partial charge in [0.1, 0.15) is 6.04 Å². The van der Waals surface area contributed by atoms with Crippen molar-refractivity contribution in [3.63, 3.8) is 0 Å². The number of unbranched alkanes of at least 4 members (excludes halogenated alkanes) is 6. The normalized spacial score (nSPS) is 13.6. The van der Waals surface area contributed by atoms with Crippen LogP contribution in [-0.2, 0) is 9.59 Å². The Morgan fingerprint density at radius 1 is 0.885 bits per heavy atom. The van der Waals surface area contributed by atoms with Gasteiger partial charge in [0.15, 0.2) is 0 Å². The number of carbonyl (C=O) groups excluding carboxylic acids is 1. The molecule has 26 heavy (non-hydrogen) atoms. The second-order valence-electron chi connectivity index (χ2n) is 7.69. The Hall–Kier alpha value is -1.14.